The number of fused-ring (bicyclic) bond motifs is 1. The van der Waals surface area contributed by atoms with Crippen LogP contribution in [-0.2, 0) is 16.3 Å². The Hall–Kier alpha value is -2.44. The summed E-state index contributed by atoms with van der Waals surface area (Å²) in [4.78, 5) is 1.96. The molecule has 0 unspecified atom stereocenters. The van der Waals surface area contributed by atoms with Gasteiger partial charge in [0.2, 0.25) is 0 Å². The molecule has 1 aliphatic carbocycles. The zero-order valence-electron chi connectivity index (χ0n) is 25.2. The van der Waals surface area contributed by atoms with Gasteiger partial charge in [-0.1, -0.05) is 36.6 Å². The maximum absolute atomic E-state index is 13.8. The smallest absolute Gasteiger partial charge is 0.453 e. The van der Waals surface area contributed by atoms with Gasteiger partial charge in [0.25, 0.3) is 0 Å². The molecule has 0 fully saturated rings. The summed E-state index contributed by atoms with van der Waals surface area (Å²) in [7, 11) is -1.89. The van der Waals surface area contributed by atoms with Crippen molar-refractivity contribution >= 4 is 32.6 Å². The van der Waals surface area contributed by atoms with Crippen molar-refractivity contribution in [2.75, 3.05) is 31.6 Å². The molecule has 0 amide bonds. The number of phenolic OH excluding ortho intramolecular Hbond substituents is 2. The number of halogens is 7. The van der Waals surface area contributed by atoms with E-state index in [0.29, 0.717) is 37.4 Å². The second kappa shape index (κ2) is 15.9. The molecule has 0 radical (unpaired) electrons. The fourth-order valence-corrected chi connectivity index (χ4v) is 7.27. The summed E-state index contributed by atoms with van der Waals surface area (Å²) in [6.07, 6.45) is -1.38. The molecule has 2 aromatic carbocycles. The fraction of sp³-hybridized carbons (Fsp3) is 0.562. The minimum atomic E-state index is -5.69. The molecule has 13 heteroatoms. The van der Waals surface area contributed by atoms with Crippen molar-refractivity contribution in [3.63, 3.8) is 0 Å². The molecule has 0 saturated heterocycles. The number of hydrogen-bond acceptors (Lipinski definition) is 5. The van der Waals surface area contributed by atoms with Gasteiger partial charge in [-0.2, -0.15) is 22.0 Å². The Labute approximate surface area is 265 Å². The van der Waals surface area contributed by atoms with Crippen molar-refractivity contribution in [2.45, 2.75) is 82.7 Å². The Morgan fingerprint density at radius 2 is 1.53 bits per heavy atom. The molecule has 0 saturated carbocycles. The van der Waals surface area contributed by atoms with Crippen molar-refractivity contribution in [3.05, 3.63) is 57.9 Å². The molecule has 3 rings (SSSR count). The van der Waals surface area contributed by atoms with Gasteiger partial charge in [-0.25, -0.2) is 12.8 Å². The van der Waals surface area contributed by atoms with E-state index < -0.39 is 52.1 Å². The third-order valence-corrected chi connectivity index (χ3v) is 10.4. The molecular formula is C32H40ClF6NO4S. The van der Waals surface area contributed by atoms with Gasteiger partial charge in [0, 0.05) is 6.42 Å². The number of aromatic hydroxyl groups is 2. The van der Waals surface area contributed by atoms with E-state index in [9.17, 15) is 45.0 Å². The van der Waals surface area contributed by atoms with Crippen molar-refractivity contribution in [2.24, 2.45) is 0 Å². The normalized spacial score (nSPS) is 14.6. The minimum absolute atomic E-state index is 0.0185. The van der Waals surface area contributed by atoms with Crippen LogP contribution in [0.25, 0.3) is 11.1 Å². The lowest BCUT2D eigenvalue weighted by Gasteiger charge is -2.19. The zero-order valence-corrected chi connectivity index (χ0v) is 26.8. The van der Waals surface area contributed by atoms with Gasteiger partial charge in [-0.3, -0.25) is 0 Å². The second-order valence-corrected chi connectivity index (χ2v) is 14.4. The van der Waals surface area contributed by atoms with Crippen LogP contribution in [0.3, 0.4) is 0 Å². The standard InChI is InChI=1S/C32H40ClF6NO4S/c1-40(18-8-20-45(43,44)19-7-16-31(35,36)32(37,38)39)17-5-3-2-4-9-24-23(22-12-14-27(34)29(42)21-22)10-6-11-26-25(24)13-15-28(41)30(26)33/h12-15,21,41-42H,2-11,16-20H2,1H3. The van der Waals surface area contributed by atoms with E-state index in [-0.39, 0.29) is 17.9 Å². The largest absolute Gasteiger partial charge is 0.506 e. The Kier molecular flexibility index (Phi) is 13.1. The molecule has 2 aromatic rings. The number of phenols is 2. The average molecular weight is 684 g/mol. The zero-order chi connectivity index (χ0) is 33.4. The quantitative estimate of drug-likeness (QED) is 0.137. The van der Waals surface area contributed by atoms with E-state index in [1.165, 1.54) is 12.1 Å². The molecule has 0 aromatic heterocycles. The summed E-state index contributed by atoms with van der Waals surface area (Å²) in [5.74, 6) is -6.97. The molecule has 252 valence electrons. The lowest BCUT2D eigenvalue weighted by Crippen LogP contribution is -2.36. The molecule has 2 N–H and O–H groups in total. The molecular weight excluding hydrogens is 644 g/mol. The van der Waals surface area contributed by atoms with Crippen LogP contribution in [-0.4, -0.2) is 67.3 Å². The molecule has 0 atom stereocenters. The summed E-state index contributed by atoms with van der Waals surface area (Å²) >= 11 is 6.47. The molecule has 0 spiro atoms. The predicted molar refractivity (Wildman–Crippen MR) is 165 cm³/mol. The van der Waals surface area contributed by atoms with E-state index in [0.717, 1.165) is 59.9 Å². The summed E-state index contributed by atoms with van der Waals surface area (Å²) in [6.45, 7) is 1.15. The number of nitrogens with zero attached hydrogens (tertiary/aromatic N) is 1. The number of unbranched alkanes of at least 4 members (excludes halogenated alkanes) is 3. The first-order valence-corrected chi connectivity index (χ1v) is 17.3. The number of hydrogen-bond donors (Lipinski definition) is 2. The van der Waals surface area contributed by atoms with Gasteiger partial charge in [-0.05, 0) is 118 Å². The lowest BCUT2D eigenvalue weighted by atomic mass is 9.89. The van der Waals surface area contributed by atoms with Crippen LogP contribution in [0.4, 0.5) is 26.3 Å². The van der Waals surface area contributed by atoms with Crippen LogP contribution < -0.4 is 0 Å². The number of rotatable bonds is 16. The first-order valence-electron chi connectivity index (χ1n) is 15.1. The second-order valence-electron chi connectivity index (χ2n) is 11.7. The highest BCUT2D eigenvalue weighted by molar-refractivity contribution is 7.91. The number of benzene rings is 2. The molecule has 5 nitrogen and oxygen atoms in total. The highest BCUT2D eigenvalue weighted by Gasteiger charge is 2.56. The van der Waals surface area contributed by atoms with Gasteiger partial charge >= 0.3 is 12.1 Å². The summed E-state index contributed by atoms with van der Waals surface area (Å²) in [6, 6.07) is 7.76. The third kappa shape index (κ3) is 10.5. The Balaban J connectivity index is 1.48. The molecule has 0 aliphatic heterocycles. The predicted octanol–water partition coefficient (Wildman–Crippen LogP) is 8.80. The highest BCUT2D eigenvalue weighted by atomic mass is 35.5. The molecule has 0 heterocycles. The summed E-state index contributed by atoms with van der Waals surface area (Å²) in [5.41, 5.74) is 4.61. The number of allylic oxidation sites excluding steroid dienone is 2. The summed E-state index contributed by atoms with van der Waals surface area (Å²) in [5, 5.41) is 20.5. The Morgan fingerprint density at radius 1 is 0.867 bits per heavy atom. The van der Waals surface area contributed by atoms with Crippen LogP contribution in [0.1, 0.15) is 80.9 Å². The van der Waals surface area contributed by atoms with Gasteiger partial charge in [0.1, 0.15) is 15.6 Å². The Bertz CT molecular complexity index is 1450. The van der Waals surface area contributed by atoms with Crippen LogP contribution >= 0.6 is 11.6 Å². The first-order chi connectivity index (χ1) is 21.0. The Morgan fingerprint density at radius 3 is 2.22 bits per heavy atom. The van der Waals surface area contributed by atoms with Crippen LogP contribution in [0.2, 0.25) is 5.02 Å². The van der Waals surface area contributed by atoms with E-state index >= 15 is 0 Å². The van der Waals surface area contributed by atoms with Crippen molar-refractivity contribution in [1.29, 1.82) is 0 Å². The van der Waals surface area contributed by atoms with Crippen LogP contribution in [0, 0.1) is 5.82 Å². The van der Waals surface area contributed by atoms with E-state index in [1.54, 1.807) is 12.1 Å². The average Bonchev–Trinajstić information content (AvgIpc) is 3.13. The fourth-order valence-electron chi connectivity index (χ4n) is 5.66. The third-order valence-electron chi connectivity index (χ3n) is 8.13. The van der Waals surface area contributed by atoms with Gasteiger partial charge < -0.3 is 15.1 Å². The number of alkyl halides is 5. The van der Waals surface area contributed by atoms with Gasteiger partial charge in [-0.15, -0.1) is 0 Å². The SMILES string of the molecule is CN(CCCCCCC1=C(c2ccc(F)c(O)c2)CCCc2c1ccc(O)c2Cl)CCCS(=O)(=O)CCCC(F)(F)C(F)(F)F. The van der Waals surface area contributed by atoms with Crippen molar-refractivity contribution in [3.8, 4) is 11.5 Å². The molecule has 45 heavy (non-hydrogen) atoms. The van der Waals surface area contributed by atoms with Crippen molar-refractivity contribution in [1.82, 2.24) is 4.90 Å². The van der Waals surface area contributed by atoms with Crippen LogP contribution in [0.15, 0.2) is 30.3 Å². The van der Waals surface area contributed by atoms with E-state index in [1.807, 2.05) is 18.0 Å². The molecule has 1 aliphatic rings. The minimum Gasteiger partial charge on any atom is -0.506 e. The van der Waals surface area contributed by atoms with Crippen LogP contribution in [0.5, 0.6) is 11.5 Å². The first kappa shape index (κ1) is 37.0. The monoisotopic (exact) mass is 683 g/mol. The van der Waals surface area contributed by atoms with Gasteiger partial charge in [0.05, 0.1) is 16.5 Å². The number of sulfone groups is 1. The lowest BCUT2D eigenvalue weighted by molar-refractivity contribution is -0.284. The van der Waals surface area contributed by atoms with Crippen molar-refractivity contribution < 1.29 is 45.0 Å². The van der Waals surface area contributed by atoms with Gasteiger partial charge in [0.15, 0.2) is 11.6 Å². The van der Waals surface area contributed by atoms with E-state index in [2.05, 4.69) is 0 Å². The molecule has 0 bridgehead atoms. The maximum Gasteiger partial charge on any atom is 0.453 e. The topological polar surface area (TPSA) is 77.8 Å². The summed E-state index contributed by atoms with van der Waals surface area (Å²) < 4.78 is 101. The highest BCUT2D eigenvalue weighted by Crippen LogP contribution is 2.43. The maximum atomic E-state index is 13.8. The van der Waals surface area contributed by atoms with E-state index in [4.69, 9.17) is 11.6 Å².